The van der Waals surface area contributed by atoms with Crippen molar-refractivity contribution in [3.05, 3.63) is 34.9 Å². The van der Waals surface area contributed by atoms with Crippen LogP contribution in [0.15, 0.2) is 24.3 Å². The molecule has 1 saturated carbocycles. The van der Waals surface area contributed by atoms with Gasteiger partial charge in [-0.3, -0.25) is 9.59 Å². The highest BCUT2D eigenvalue weighted by Crippen LogP contribution is 2.58. The van der Waals surface area contributed by atoms with Crippen LogP contribution < -0.4 is 0 Å². The Morgan fingerprint density at radius 1 is 1.10 bits per heavy atom. The summed E-state index contributed by atoms with van der Waals surface area (Å²) >= 11 is 5.67. The maximum Gasteiger partial charge on any atom is 0.401 e. The molecule has 1 aromatic rings. The van der Waals surface area contributed by atoms with Crippen LogP contribution in [0, 0.1) is 5.41 Å². The van der Waals surface area contributed by atoms with E-state index in [9.17, 15) is 22.8 Å². The Morgan fingerprint density at radius 3 is 2.10 bits per heavy atom. The van der Waals surface area contributed by atoms with Crippen molar-refractivity contribution < 1.29 is 22.8 Å². The average Bonchev–Trinajstić information content (AvgIpc) is 3.17. The van der Waals surface area contributed by atoms with E-state index in [1.807, 2.05) is 0 Å². The maximum atomic E-state index is 12.7. The zero-order valence-electron chi connectivity index (χ0n) is 10.5. The van der Waals surface area contributed by atoms with Crippen LogP contribution in [0.5, 0.6) is 0 Å². The standard InChI is InChI=1S/C14H12ClF3O2/c15-10-3-1-9(2-4-10)11(19)5-6-12(20)13(7-8-13)14(16,17)18/h1-4H,5-8H2. The lowest BCUT2D eigenvalue weighted by atomic mass is 9.94. The summed E-state index contributed by atoms with van der Waals surface area (Å²) in [6.07, 6.45) is -5.42. The largest absolute Gasteiger partial charge is 0.401 e. The van der Waals surface area contributed by atoms with Crippen LogP contribution in [0.4, 0.5) is 13.2 Å². The summed E-state index contributed by atoms with van der Waals surface area (Å²) in [6.45, 7) is 0. The van der Waals surface area contributed by atoms with E-state index in [1.54, 1.807) is 0 Å². The third-order valence-electron chi connectivity index (χ3n) is 3.57. The van der Waals surface area contributed by atoms with Crippen molar-refractivity contribution in [2.24, 2.45) is 5.41 Å². The summed E-state index contributed by atoms with van der Waals surface area (Å²) in [5.74, 6) is -1.24. The van der Waals surface area contributed by atoms with Crippen LogP contribution >= 0.6 is 11.6 Å². The number of Topliss-reactive ketones (excluding diaryl/α,β-unsaturated/α-hetero) is 2. The number of rotatable bonds is 5. The van der Waals surface area contributed by atoms with Gasteiger partial charge in [-0.15, -0.1) is 0 Å². The van der Waals surface area contributed by atoms with Gasteiger partial charge in [-0.05, 0) is 37.1 Å². The third-order valence-corrected chi connectivity index (χ3v) is 3.82. The lowest BCUT2D eigenvalue weighted by Gasteiger charge is -2.17. The molecule has 1 aliphatic carbocycles. The lowest BCUT2D eigenvalue weighted by Crippen LogP contribution is -2.32. The SMILES string of the molecule is O=C(CCC(=O)C1(C(F)(F)F)CC1)c1ccc(Cl)cc1. The number of carbonyl (C=O) groups excluding carboxylic acids is 2. The van der Waals surface area contributed by atoms with Gasteiger partial charge < -0.3 is 0 Å². The molecule has 1 aromatic carbocycles. The number of carbonyl (C=O) groups is 2. The van der Waals surface area contributed by atoms with Gasteiger partial charge in [-0.2, -0.15) is 13.2 Å². The van der Waals surface area contributed by atoms with Crippen molar-refractivity contribution in [1.82, 2.24) is 0 Å². The Balaban J connectivity index is 1.94. The van der Waals surface area contributed by atoms with Gasteiger partial charge in [0.25, 0.3) is 0 Å². The summed E-state index contributed by atoms with van der Waals surface area (Å²) < 4.78 is 38.2. The number of ketones is 2. The Kier molecular flexibility index (Phi) is 3.91. The van der Waals surface area contributed by atoms with Crippen LogP contribution in [0.1, 0.15) is 36.0 Å². The van der Waals surface area contributed by atoms with Gasteiger partial charge in [-0.1, -0.05) is 11.6 Å². The zero-order chi connectivity index (χ0) is 15.0. The summed E-state index contributed by atoms with van der Waals surface area (Å²) in [6, 6.07) is 6.03. The second kappa shape index (κ2) is 5.20. The smallest absolute Gasteiger partial charge is 0.299 e. The highest BCUT2D eigenvalue weighted by molar-refractivity contribution is 6.30. The molecule has 20 heavy (non-hydrogen) atoms. The Hall–Kier alpha value is -1.36. The molecule has 2 rings (SSSR count). The summed E-state index contributed by atoms with van der Waals surface area (Å²) in [5.41, 5.74) is -1.84. The van der Waals surface area contributed by atoms with Crippen molar-refractivity contribution in [3.8, 4) is 0 Å². The Bertz CT molecular complexity index is 530. The molecule has 0 heterocycles. The van der Waals surface area contributed by atoms with Gasteiger partial charge in [0.15, 0.2) is 5.78 Å². The monoisotopic (exact) mass is 304 g/mol. The predicted molar refractivity (Wildman–Crippen MR) is 67.7 cm³/mol. The van der Waals surface area contributed by atoms with Gasteiger partial charge in [0, 0.05) is 23.4 Å². The van der Waals surface area contributed by atoms with Crippen LogP contribution in [0.25, 0.3) is 0 Å². The molecule has 0 saturated heterocycles. The lowest BCUT2D eigenvalue weighted by molar-refractivity contribution is -0.190. The van der Waals surface area contributed by atoms with Gasteiger partial charge in [-0.25, -0.2) is 0 Å². The minimum Gasteiger partial charge on any atom is -0.299 e. The molecule has 6 heteroatoms. The topological polar surface area (TPSA) is 34.1 Å². The van der Waals surface area contributed by atoms with Crippen LogP contribution in [-0.2, 0) is 4.79 Å². The average molecular weight is 305 g/mol. The highest BCUT2D eigenvalue weighted by Gasteiger charge is 2.67. The molecule has 1 fully saturated rings. The summed E-state index contributed by atoms with van der Waals surface area (Å²) in [5, 5.41) is 0.464. The molecule has 0 unspecified atom stereocenters. The van der Waals surface area contributed by atoms with Crippen molar-refractivity contribution in [2.75, 3.05) is 0 Å². The van der Waals surface area contributed by atoms with Crippen molar-refractivity contribution >= 4 is 23.2 Å². The molecule has 0 spiro atoms. The zero-order valence-corrected chi connectivity index (χ0v) is 11.2. The minimum atomic E-state index is -4.51. The van der Waals surface area contributed by atoms with E-state index < -0.39 is 17.4 Å². The van der Waals surface area contributed by atoms with Gasteiger partial charge in [0.2, 0.25) is 0 Å². The molecule has 0 bridgehead atoms. The molecular formula is C14H12ClF3O2. The van der Waals surface area contributed by atoms with Gasteiger partial charge >= 0.3 is 6.18 Å². The number of halogens is 4. The first kappa shape index (κ1) is 15.0. The van der Waals surface area contributed by atoms with Crippen LogP contribution in [-0.4, -0.2) is 17.7 Å². The number of hydrogen-bond donors (Lipinski definition) is 0. The molecular weight excluding hydrogens is 293 g/mol. The second-order valence-corrected chi connectivity index (χ2v) is 5.37. The van der Waals surface area contributed by atoms with Gasteiger partial charge in [0.1, 0.15) is 11.2 Å². The molecule has 0 aliphatic heterocycles. The third kappa shape index (κ3) is 2.87. The van der Waals surface area contributed by atoms with E-state index in [4.69, 9.17) is 11.6 Å². The minimum absolute atomic E-state index is 0.162. The number of alkyl halides is 3. The molecule has 0 radical (unpaired) electrons. The second-order valence-electron chi connectivity index (χ2n) is 4.93. The number of benzene rings is 1. The fourth-order valence-corrected chi connectivity index (χ4v) is 2.22. The van der Waals surface area contributed by atoms with Crippen LogP contribution in [0.3, 0.4) is 0 Å². The van der Waals surface area contributed by atoms with E-state index in [2.05, 4.69) is 0 Å². The Labute approximate surface area is 118 Å². The highest BCUT2D eigenvalue weighted by atomic mass is 35.5. The van der Waals surface area contributed by atoms with E-state index in [0.29, 0.717) is 10.6 Å². The summed E-state index contributed by atoms with van der Waals surface area (Å²) in [4.78, 5) is 23.5. The molecule has 108 valence electrons. The molecule has 2 nitrogen and oxygen atoms in total. The normalized spacial score (nSPS) is 16.8. The van der Waals surface area contributed by atoms with E-state index in [-0.39, 0.29) is 31.5 Å². The molecule has 0 N–H and O–H groups in total. The molecule has 0 aromatic heterocycles. The predicted octanol–water partition coefficient (Wildman–Crippen LogP) is 4.21. The number of hydrogen-bond acceptors (Lipinski definition) is 2. The van der Waals surface area contributed by atoms with E-state index in [1.165, 1.54) is 24.3 Å². The van der Waals surface area contributed by atoms with Crippen molar-refractivity contribution in [2.45, 2.75) is 31.9 Å². The first-order valence-electron chi connectivity index (χ1n) is 6.15. The van der Waals surface area contributed by atoms with E-state index in [0.717, 1.165) is 0 Å². The Morgan fingerprint density at radius 2 is 1.65 bits per heavy atom. The summed E-state index contributed by atoms with van der Waals surface area (Å²) in [7, 11) is 0. The molecule has 1 aliphatic rings. The van der Waals surface area contributed by atoms with Gasteiger partial charge in [0.05, 0.1) is 0 Å². The first-order chi connectivity index (χ1) is 9.26. The first-order valence-corrected chi connectivity index (χ1v) is 6.53. The maximum absolute atomic E-state index is 12.7. The van der Waals surface area contributed by atoms with Crippen molar-refractivity contribution in [3.63, 3.8) is 0 Å². The van der Waals surface area contributed by atoms with E-state index >= 15 is 0 Å². The molecule has 0 amide bonds. The van der Waals surface area contributed by atoms with Crippen LogP contribution in [0.2, 0.25) is 5.02 Å². The van der Waals surface area contributed by atoms with Crippen molar-refractivity contribution in [1.29, 1.82) is 0 Å². The molecule has 0 atom stereocenters. The fourth-order valence-electron chi connectivity index (χ4n) is 2.09. The quantitative estimate of drug-likeness (QED) is 0.763. The fraction of sp³-hybridized carbons (Fsp3) is 0.429.